The number of aliphatic hydroxyl groups is 1. The van der Waals surface area contributed by atoms with E-state index in [2.05, 4.69) is 23.8 Å². The number of carbonyl (C=O) groups excluding carboxylic acids is 1. The topological polar surface area (TPSA) is 43.8 Å². The number of piperazine rings is 1. The fourth-order valence-corrected chi connectivity index (χ4v) is 9.55. The zero-order chi connectivity index (χ0) is 20.7. The molecule has 1 N–H and O–H groups in total. The summed E-state index contributed by atoms with van der Waals surface area (Å²) in [6.45, 7) is 7.49. The second-order valence-corrected chi connectivity index (χ2v) is 12.5. The Labute approximate surface area is 182 Å². The molecule has 0 amide bonds. The van der Waals surface area contributed by atoms with E-state index in [4.69, 9.17) is 0 Å². The van der Waals surface area contributed by atoms with Crippen molar-refractivity contribution < 1.29 is 9.90 Å². The van der Waals surface area contributed by atoms with E-state index in [1.165, 1.54) is 38.5 Å². The second kappa shape index (κ2) is 7.02. The van der Waals surface area contributed by atoms with Gasteiger partial charge < -0.3 is 10.0 Å². The molecule has 168 valence electrons. The Hall–Kier alpha value is -0.450. The molecular weight excluding hydrogens is 372 g/mol. The molecule has 9 atom stereocenters. The van der Waals surface area contributed by atoms with Crippen LogP contribution in [0.15, 0.2) is 0 Å². The van der Waals surface area contributed by atoms with E-state index in [0.717, 1.165) is 75.0 Å². The molecule has 5 saturated carbocycles. The first-order chi connectivity index (χ1) is 14.4. The predicted molar refractivity (Wildman–Crippen MR) is 118 cm³/mol. The van der Waals surface area contributed by atoms with Gasteiger partial charge in [0.2, 0.25) is 0 Å². The fraction of sp³-hybridized carbons (Fsp3) is 0.962. The minimum Gasteiger partial charge on any atom is -0.390 e. The SMILES string of the molecule is CN1CCN(CC(=O)[C@H]2CC[C@H]3[C@@H]4CC[C@@H]5C6C[C@@]6(O)CC[C@@H]5[C@H]4CC[C@]23C)CC1. The van der Waals surface area contributed by atoms with Gasteiger partial charge in [-0.2, -0.15) is 0 Å². The van der Waals surface area contributed by atoms with Crippen LogP contribution in [0.25, 0.3) is 0 Å². The average molecular weight is 415 g/mol. The third kappa shape index (κ3) is 2.99. The Morgan fingerprint density at radius 3 is 2.27 bits per heavy atom. The van der Waals surface area contributed by atoms with E-state index in [9.17, 15) is 9.90 Å². The highest BCUT2D eigenvalue weighted by Gasteiger charge is 2.65. The molecule has 0 aromatic rings. The van der Waals surface area contributed by atoms with Crippen molar-refractivity contribution in [1.82, 2.24) is 9.80 Å². The minimum atomic E-state index is -0.259. The van der Waals surface area contributed by atoms with Crippen LogP contribution >= 0.6 is 0 Å². The van der Waals surface area contributed by atoms with Crippen molar-refractivity contribution in [3.8, 4) is 0 Å². The first-order valence-electron chi connectivity index (χ1n) is 13.0. The van der Waals surface area contributed by atoms with Crippen molar-refractivity contribution in [1.29, 1.82) is 0 Å². The monoisotopic (exact) mass is 414 g/mol. The molecule has 1 saturated heterocycles. The molecule has 4 nitrogen and oxygen atoms in total. The number of nitrogens with zero attached hydrogens (tertiary/aromatic N) is 2. The first-order valence-corrected chi connectivity index (χ1v) is 13.0. The molecule has 0 aromatic heterocycles. The number of hydrogen-bond acceptors (Lipinski definition) is 4. The Morgan fingerprint density at radius 1 is 0.867 bits per heavy atom. The zero-order valence-corrected chi connectivity index (χ0v) is 19.2. The van der Waals surface area contributed by atoms with Gasteiger partial charge in [0.05, 0.1) is 12.1 Å². The number of rotatable bonds is 3. The van der Waals surface area contributed by atoms with Gasteiger partial charge in [-0.05, 0) is 106 Å². The zero-order valence-electron chi connectivity index (χ0n) is 19.2. The summed E-state index contributed by atoms with van der Waals surface area (Å²) in [5, 5.41) is 10.7. The van der Waals surface area contributed by atoms with Gasteiger partial charge in [-0.15, -0.1) is 0 Å². The molecule has 30 heavy (non-hydrogen) atoms. The lowest BCUT2D eigenvalue weighted by molar-refractivity contribution is -0.132. The lowest BCUT2D eigenvalue weighted by atomic mass is 9.49. The highest BCUT2D eigenvalue weighted by Crippen LogP contribution is 2.68. The molecule has 0 bridgehead atoms. The third-order valence-corrected chi connectivity index (χ3v) is 11.3. The molecule has 1 unspecified atom stereocenters. The smallest absolute Gasteiger partial charge is 0.150 e. The third-order valence-electron chi connectivity index (χ3n) is 11.3. The summed E-state index contributed by atoms with van der Waals surface area (Å²) in [6.07, 6.45) is 11.2. The van der Waals surface area contributed by atoms with Crippen LogP contribution in [0, 0.1) is 46.8 Å². The maximum absolute atomic E-state index is 13.4. The standard InChI is InChI=1S/C26H42N2O2/c1-25-9-7-17-18-8-10-26(30)15-23(26)20(18)4-3-19(17)21(25)5-6-22(25)24(29)16-28-13-11-27(2)12-14-28/h17-23,30H,3-16H2,1-2H3/t17-,18-,19-,20+,21+,22-,23?,25+,26+/m1/s1. The number of hydrogen-bond donors (Lipinski definition) is 1. The average Bonchev–Trinajstić information content (AvgIpc) is 3.30. The molecular formula is C26H42N2O2. The maximum atomic E-state index is 13.4. The number of ketones is 1. The summed E-state index contributed by atoms with van der Waals surface area (Å²) >= 11 is 0. The molecule has 6 aliphatic rings. The summed E-state index contributed by atoms with van der Waals surface area (Å²) < 4.78 is 0. The number of fused-ring (bicyclic) bond motifs is 7. The van der Waals surface area contributed by atoms with Gasteiger partial charge in [0.15, 0.2) is 0 Å². The normalized spacial score (nSPS) is 53.4. The van der Waals surface area contributed by atoms with Crippen LogP contribution in [0.2, 0.25) is 0 Å². The van der Waals surface area contributed by atoms with Crippen LogP contribution in [0.1, 0.15) is 64.7 Å². The lowest BCUT2D eigenvalue weighted by Crippen LogP contribution is -2.51. The van der Waals surface area contributed by atoms with Crippen LogP contribution in [-0.2, 0) is 4.79 Å². The molecule has 0 radical (unpaired) electrons. The van der Waals surface area contributed by atoms with Crippen molar-refractivity contribution >= 4 is 5.78 Å². The van der Waals surface area contributed by atoms with Gasteiger partial charge in [0.25, 0.3) is 0 Å². The van der Waals surface area contributed by atoms with Crippen molar-refractivity contribution in [2.24, 2.45) is 46.8 Å². The minimum absolute atomic E-state index is 0.257. The van der Waals surface area contributed by atoms with Crippen molar-refractivity contribution in [3.05, 3.63) is 0 Å². The van der Waals surface area contributed by atoms with Gasteiger partial charge in [0.1, 0.15) is 5.78 Å². The maximum Gasteiger partial charge on any atom is 0.150 e. The molecule has 6 rings (SSSR count). The Bertz CT molecular complexity index is 703. The molecule has 5 aliphatic carbocycles. The number of likely N-dealkylation sites (N-methyl/N-ethyl adjacent to an activating group) is 1. The van der Waals surface area contributed by atoms with Crippen LogP contribution in [-0.4, -0.2) is 66.1 Å². The van der Waals surface area contributed by atoms with Crippen LogP contribution in [0.3, 0.4) is 0 Å². The van der Waals surface area contributed by atoms with E-state index in [1.807, 2.05) is 0 Å². The molecule has 4 heteroatoms. The summed E-state index contributed by atoms with van der Waals surface area (Å²) in [7, 11) is 2.19. The number of carbonyl (C=O) groups is 1. The van der Waals surface area contributed by atoms with Crippen molar-refractivity contribution in [3.63, 3.8) is 0 Å². The van der Waals surface area contributed by atoms with Crippen LogP contribution in [0.5, 0.6) is 0 Å². The predicted octanol–water partition coefficient (Wildman–Crippen LogP) is 3.43. The van der Waals surface area contributed by atoms with Gasteiger partial charge in [-0.1, -0.05) is 6.92 Å². The van der Waals surface area contributed by atoms with Crippen molar-refractivity contribution in [2.45, 2.75) is 70.3 Å². The summed E-state index contributed by atoms with van der Waals surface area (Å²) in [6, 6.07) is 0. The molecule has 6 fully saturated rings. The first kappa shape index (κ1) is 20.2. The largest absolute Gasteiger partial charge is 0.390 e. The van der Waals surface area contributed by atoms with E-state index >= 15 is 0 Å². The van der Waals surface area contributed by atoms with E-state index in [1.54, 1.807) is 0 Å². The molecule has 1 heterocycles. The van der Waals surface area contributed by atoms with E-state index < -0.39 is 0 Å². The van der Waals surface area contributed by atoms with Gasteiger partial charge in [0, 0.05) is 32.1 Å². The fourth-order valence-electron chi connectivity index (χ4n) is 9.55. The van der Waals surface area contributed by atoms with E-state index in [-0.39, 0.29) is 11.0 Å². The van der Waals surface area contributed by atoms with Gasteiger partial charge >= 0.3 is 0 Å². The van der Waals surface area contributed by atoms with Crippen LogP contribution in [0.4, 0.5) is 0 Å². The Morgan fingerprint density at radius 2 is 1.53 bits per heavy atom. The van der Waals surface area contributed by atoms with Crippen LogP contribution < -0.4 is 0 Å². The highest BCUT2D eigenvalue weighted by atomic mass is 16.3. The summed E-state index contributed by atoms with van der Waals surface area (Å²) in [5.41, 5.74) is -0.00202. The van der Waals surface area contributed by atoms with Gasteiger partial charge in [-0.25, -0.2) is 0 Å². The summed E-state index contributed by atoms with van der Waals surface area (Å²) in [4.78, 5) is 18.2. The van der Waals surface area contributed by atoms with Crippen molar-refractivity contribution in [2.75, 3.05) is 39.8 Å². The Balaban J connectivity index is 1.14. The molecule has 0 spiro atoms. The second-order valence-electron chi connectivity index (χ2n) is 12.5. The Kier molecular flexibility index (Phi) is 4.72. The quantitative estimate of drug-likeness (QED) is 0.768. The van der Waals surface area contributed by atoms with Gasteiger partial charge in [-0.3, -0.25) is 9.69 Å². The highest BCUT2D eigenvalue weighted by molar-refractivity contribution is 5.84. The lowest BCUT2D eigenvalue weighted by Gasteiger charge is -2.56. The molecule has 0 aromatic carbocycles. The molecule has 1 aliphatic heterocycles. The van der Waals surface area contributed by atoms with E-state index in [0.29, 0.717) is 24.2 Å². The number of Topliss-reactive ketones (excluding diaryl/α,β-unsaturated/α-hetero) is 1. The summed E-state index contributed by atoms with van der Waals surface area (Å²) in [5.74, 6) is 5.70.